The fraction of sp³-hybridized carbons (Fsp3) is 0. The highest BCUT2D eigenvalue weighted by atomic mass is 35.5. The third-order valence-corrected chi connectivity index (χ3v) is 3.97. The first-order valence-corrected chi connectivity index (χ1v) is 7.57. The van der Waals surface area contributed by atoms with Gasteiger partial charge in [0.25, 0.3) is 0 Å². The summed E-state index contributed by atoms with van der Waals surface area (Å²) in [5, 5.41) is 10.7. The molecule has 0 heterocycles. The fourth-order valence-electron chi connectivity index (χ4n) is 2.23. The molecule has 0 radical (unpaired) electrons. The first-order chi connectivity index (χ1) is 11.1. The van der Waals surface area contributed by atoms with E-state index in [-0.39, 0.29) is 21.6 Å². The van der Waals surface area contributed by atoms with Gasteiger partial charge in [0, 0.05) is 11.6 Å². The molecule has 23 heavy (non-hydrogen) atoms. The van der Waals surface area contributed by atoms with E-state index in [1.807, 2.05) is 30.3 Å². The number of carbonyl (C=O) groups is 1. The third kappa shape index (κ3) is 3.21. The van der Waals surface area contributed by atoms with Crippen LogP contribution in [0.25, 0.3) is 11.1 Å². The van der Waals surface area contributed by atoms with Gasteiger partial charge in [-0.1, -0.05) is 53.5 Å². The summed E-state index contributed by atoms with van der Waals surface area (Å²) in [6, 6.07) is 10.7. The van der Waals surface area contributed by atoms with Gasteiger partial charge in [-0.3, -0.25) is 4.79 Å². The van der Waals surface area contributed by atoms with E-state index in [0.717, 1.165) is 5.56 Å². The SMILES string of the molecule is O=C1C=CC(=Nc2c(Cl)cc(O)c(-c3ccccc3)c2Cl)C=C1. The minimum atomic E-state index is -0.100. The number of ketones is 1. The highest BCUT2D eigenvalue weighted by Gasteiger charge is 2.17. The molecule has 1 N–H and O–H groups in total. The molecule has 0 fully saturated rings. The predicted molar refractivity (Wildman–Crippen MR) is 93.9 cm³/mol. The van der Waals surface area contributed by atoms with Gasteiger partial charge in [0.2, 0.25) is 0 Å². The van der Waals surface area contributed by atoms with Gasteiger partial charge in [-0.05, 0) is 29.9 Å². The van der Waals surface area contributed by atoms with E-state index in [0.29, 0.717) is 17.0 Å². The van der Waals surface area contributed by atoms with Crippen LogP contribution in [-0.4, -0.2) is 16.6 Å². The Morgan fingerprint density at radius 3 is 2.26 bits per heavy atom. The Hall–Kier alpha value is -2.36. The zero-order valence-corrected chi connectivity index (χ0v) is 13.3. The van der Waals surface area contributed by atoms with Gasteiger partial charge in [0.1, 0.15) is 11.4 Å². The average Bonchev–Trinajstić information content (AvgIpc) is 2.54. The van der Waals surface area contributed by atoms with Crippen molar-refractivity contribution in [2.24, 2.45) is 4.99 Å². The number of benzene rings is 2. The second-order valence-electron chi connectivity index (χ2n) is 4.89. The summed E-state index contributed by atoms with van der Waals surface area (Å²) in [7, 11) is 0. The van der Waals surface area contributed by atoms with Gasteiger partial charge < -0.3 is 5.11 Å². The maximum absolute atomic E-state index is 11.2. The Balaban J connectivity index is 2.16. The van der Waals surface area contributed by atoms with Gasteiger partial charge in [0.05, 0.1) is 15.8 Å². The molecule has 3 rings (SSSR count). The van der Waals surface area contributed by atoms with Crippen molar-refractivity contribution in [3.8, 4) is 16.9 Å². The van der Waals surface area contributed by atoms with Crippen molar-refractivity contribution >= 4 is 40.4 Å². The molecule has 1 aliphatic rings. The molecule has 0 saturated carbocycles. The summed E-state index contributed by atoms with van der Waals surface area (Å²) in [6.07, 6.45) is 6.01. The van der Waals surface area contributed by atoms with Crippen LogP contribution in [0.5, 0.6) is 5.75 Å². The van der Waals surface area contributed by atoms with Crippen molar-refractivity contribution < 1.29 is 9.90 Å². The number of rotatable bonds is 2. The molecule has 0 aromatic heterocycles. The molecule has 0 atom stereocenters. The normalized spacial score (nSPS) is 13.5. The second kappa shape index (κ2) is 6.41. The zero-order valence-electron chi connectivity index (χ0n) is 11.8. The zero-order chi connectivity index (χ0) is 16.4. The number of carbonyl (C=O) groups excluding carboxylic acids is 1. The van der Waals surface area contributed by atoms with Gasteiger partial charge in [-0.25, -0.2) is 4.99 Å². The molecule has 114 valence electrons. The number of allylic oxidation sites excluding steroid dienone is 4. The predicted octanol–water partition coefficient (Wildman–Crippen LogP) is 5.13. The number of aromatic hydroxyl groups is 1. The van der Waals surface area contributed by atoms with Crippen LogP contribution in [-0.2, 0) is 4.79 Å². The molecule has 0 amide bonds. The number of halogens is 2. The standard InChI is InChI=1S/C18H11Cl2NO2/c19-14-10-15(23)16(11-4-2-1-3-5-11)17(20)18(14)21-12-6-8-13(22)9-7-12/h1-10,23H. The Labute approximate surface area is 143 Å². The van der Waals surface area contributed by atoms with E-state index in [2.05, 4.69) is 4.99 Å². The van der Waals surface area contributed by atoms with E-state index >= 15 is 0 Å². The molecule has 1 aliphatic carbocycles. The minimum Gasteiger partial charge on any atom is -0.507 e. The molecule has 0 bridgehead atoms. The van der Waals surface area contributed by atoms with Gasteiger partial charge in [0.15, 0.2) is 5.78 Å². The molecule has 0 saturated heterocycles. The molecule has 0 unspecified atom stereocenters. The summed E-state index contributed by atoms with van der Waals surface area (Å²) in [5.74, 6) is -0.114. The Morgan fingerprint density at radius 2 is 1.61 bits per heavy atom. The van der Waals surface area contributed by atoms with Gasteiger partial charge in [-0.2, -0.15) is 0 Å². The molecule has 2 aromatic rings. The van der Waals surface area contributed by atoms with Gasteiger partial charge in [-0.15, -0.1) is 0 Å². The number of phenolic OH excluding ortho intramolecular Hbond substituents is 1. The lowest BCUT2D eigenvalue weighted by molar-refractivity contribution is -0.110. The van der Waals surface area contributed by atoms with Crippen molar-refractivity contribution in [1.29, 1.82) is 0 Å². The topological polar surface area (TPSA) is 49.7 Å². The third-order valence-electron chi connectivity index (χ3n) is 3.31. The number of nitrogens with zero attached hydrogens (tertiary/aromatic N) is 1. The van der Waals surface area contributed by atoms with E-state index in [1.165, 1.54) is 18.2 Å². The summed E-state index contributed by atoms with van der Waals surface area (Å²) < 4.78 is 0. The molecule has 0 spiro atoms. The highest BCUT2D eigenvalue weighted by molar-refractivity contribution is 6.41. The summed E-state index contributed by atoms with van der Waals surface area (Å²) in [6.45, 7) is 0. The number of aliphatic imine (C=N–C) groups is 1. The summed E-state index contributed by atoms with van der Waals surface area (Å²) >= 11 is 12.6. The summed E-state index contributed by atoms with van der Waals surface area (Å²) in [5.41, 5.74) is 2.13. The first kappa shape index (κ1) is 15.5. The first-order valence-electron chi connectivity index (χ1n) is 6.81. The van der Waals surface area contributed by atoms with Crippen LogP contribution >= 0.6 is 23.2 Å². The molecule has 3 nitrogen and oxygen atoms in total. The van der Waals surface area contributed by atoms with E-state index in [1.54, 1.807) is 12.2 Å². The Bertz CT molecular complexity index is 850. The van der Waals surface area contributed by atoms with Crippen molar-refractivity contribution in [2.75, 3.05) is 0 Å². The molecule has 5 heteroatoms. The molecule has 2 aromatic carbocycles. The van der Waals surface area contributed by atoms with Crippen LogP contribution in [0.2, 0.25) is 10.0 Å². The quantitative estimate of drug-likeness (QED) is 0.768. The lowest BCUT2D eigenvalue weighted by Gasteiger charge is -2.12. The lowest BCUT2D eigenvalue weighted by Crippen LogP contribution is -1.98. The average molecular weight is 344 g/mol. The lowest BCUT2D eigenvalue weighted by atomic mass is 10.0. The number of phenols is 1. The molecule has 0 aliphatic heterocycles. The maximum Gasteiger partial charge on any atom is 0.178 e. The van der Waals surface area contributed by atoms with Crippen molar-refractivity contribution in [2.45, 2.75) is 0 Å². The summed E-state index contributed by atoms with van der Waals surface area (Å²) in [4.78, 5) is 15.6. The van der Waals surface area contributed by atoms with Crippen molar-refractivity contribution in [3.63, 3.8) is 0 Å². The van der Waals surface area contributed by atoms with Crippen molar-refractivity contribution in [3.05, 3.63) is 70.7 Å². The highest BCUT2D eigenvalue weighted by Crippen LogP contribution is 2.46. The number of hydrogen-bond donors (Lipinski definition) is 1. The van der Waals surface area contributed by atoms with Crippen LogP contribution < -0.4 is 0 Å². The second-order valence-corrected chi connectivity index (χ2v) is 5.67. The number of hydrogen-bond acceptors (Lipinski definition) is 3. The van der Waals surface area contributed by atoms with E-state index in [9.17, 15) is 9.90 Å². The van der Waals surface area contributed by atoms with Crippen LogP contribution in [0.4, 0.5) is 5.69 Å². The van der Waals surface area contributed by atoms with Crippen molar-refractivity contribution in [1.82, 2.24) is 0 Å². The Kier molecular flexibility index (Phi) is 4.33. The van der Waals surface area contributed by atoms with Crippen LogP contribution in [0.3, 0.4) is 0 Å². The fourth-order valence-corrected chi connectivity index (χ4v) is 2.87. The Morgan fingerprint density at radius 1 is 0.957 bits per heavy atom. The minimum absolute atomic E-state index is 0.0138. The van der Waals surface area contributed by atoms with Crippen LogP contribution in [0.15, 0.2) is 65.7 Å². The smallest absolute Gasteiger partial charge is 0.178 e. The maximum atomic E-state index is 11.2. The van der Waals surface area contributed by atoms with E-state index in [4.69, 9.17) is 23.2 Å². The largest absolute Gasteiger partial charge is 0.507 e. The van der Waals surface area contributed by atoms with E-state index < -0.39 is 0 Å². The molecular weight excluding hydrogens is 333 g/mol. The van der Waals surface area contributed by atoms with Crippen LogP contribution in [0.1, 0.15) is 0 Å². The van der Waals surface area contributed by atoms with Gasteiger partial charge >= 0.3 is 0 Å². The monoisotopic (exact) mass is 343 g/mol. The van der Waals surface area contributed by atoms with Crippen LogP contribution in [0, 0.1) is 0 Å². The molecular formula is C18H11Cl2NO2.